The highest BCUT2D eigenvalue weighted by Gasteiger charge is 2.45. The summed E-state index contributed by atoms with van der Waals surface area (Å²) in [6.07, 6.45) is 7.55. The van der Waals surface area contributed by atoms with Gasteiger partial charge in [0, 0.05) is 23.9 Å². The van der Waals surface area contributed by atoms with Crippen LogP contribution >= 0.6 is 12.4 Å². The van der Waals surface area contributed by atoms with E-state index in [4.69, 9.17) is 5.73 Å². The number of fused-ring (bicyclic) bond motifs is 2. The third-order valence-electron chi connectivity index (χ3n) is 6.68. The van der Waals surface area contributed by atoms with Crippen LogP contribution in [0.15, 0.2) is 24.3 Å². The minimum absolute atomic E-state index is 0. The fraction of sp³-hybridized carbons (Fsp3) is 0.650. The molecule has 0 saturated heterocycles. The van der Waals surface area contributed by atoms with E-state index in [1.807, 2.05) is 6.07 Å². The summed E-state index contributed by atoms with van der Waals surface area (Å²) in [7, 11) is 0. The molecule has 3 nitrogen and oxygen atoms in total. The SMILES string of the molecule is Cl.NC1C2CCCC1CC(C(=O)NCC1(c3cccc(F)c3)CC1)C2. The van der Waals surface area contributed by atoms with Gasteiger partial charge in [-0.25, -0.2) is 4.39 Å². The summed E-state index contributed by atoms with van der Waals surface area (Å²) >= 11 is 0. The molecule has 1 aromatic rings. The Kier molecular flexibility index (Phi) is 5.40. The highest BCUT2D eigenvalue weighted by molar-refractivity contribution is 5.85. The molecule has 1 aromatic carbocycles. The summed E-state index contributed by atoms with van der Waals surface area (Å²) in [5, 5.41) is 3.18. The van der Waals surface area contributed by atoms with E-state index in [1.165, 1.54) is 25.3 Å². The Bertz CT molecular complexity index is 620. The van der Waals surface area contributed by atoms with E-state index in [0.717, 1.165) is 31.2 Å². The second-order valence-corrected chi connectivity index (χ2v) is 8.21. The van der Waals surface area contributed by atoms with Crippen LogP contribution in [0.4, 0.5) is 4.39 Å². The second-order valence-electron chi connectivity index (χ2n) is 8.21. The van der Waals surface area contributed by atoms with Gasteiger partial charge in [-0.1, -0.05) is 18.6 Å². The number of hydrogen-bond acceptors (Lipinski definition) is 2. The molecular formula is C20H28ClFN2O. The zero-order valence-corrected chi connectivity index (χ0v) is 15.4. The Morgan fingerprint density at radius 3 is 2.52 bits per heavy atom. The molecule has 0 spiro atoms. The van der Waals surface area contributed by atoms with Gasteiger partial charge in [-0.15, -0.1) is 12.4 Å². The zero-order valence-electron chi connectivity index (χ0n) is 14.5. The predicted molar refractivity (Wildman–Crippen MR) is 99.1 cm³/mol. The van der Waals surface area contributed by atoms with Gasteiger partial charge in [0.15, 0.2) is 0 Å². The molecular weight excluding hydrogens is 339 g/mol. The van der Waals surface area contributed by atoms with Gasteiger partial charge in [-0.2, -0.15) is 0 Å². The first-order valence-electron chi connectivity index (χ1n) is 9.37. The fourth-order valence-corrected chi connectivity index (χ4v) is 4.94. The molecule has 3 aliphatic rings. The van der Waals surface area contributed by atoms with Crippen molar-refractivity contribution in [1.82, 2.24) is 5.32 Å². The number of hydrogen-bond donors (Lipinski definition) is 2. The van der Waals surface area contributed by atoms with Crippen LogP contribution in [-0.4, -0.2) is 18.5 Å². The van der Waals surface area contributed by atoms with Crippen molar-refractivity contribution in [3.63, 3.8) is 0 Å². The largest absolute Gasteiger partial charge is 0.355 e. The van der Waals surface area contributed by atoms with E-state index < -0.39 is 0 Å². The lowest BCUT2D eigenvalue weighted by molar-refractivity contribution is -0.128. The van der Waals surface area contributed by atoms with E-state index in [1.54, 1.807) is 12.1 Å². The molecule has 4 rings (SSSR count). The molecule has 3 aliphatic carbocycles. The van der Waals surface area contributed by atoms with Gasteiger partial charge < -0.3 is 11.1 Å². The van der Waals surface area contributed by atoms with Crippen LogP contribution in [-0.2, 0) is 10.2 Å². The Morgan fingerprint density at radius 1 is 1.24 bits per heavy atom. The van der Waals surface area contributed by atoms with Crippen LogP contribution < -0.4 is 11.1 Å². The van der Waals surface area contributed by atoms with Gasteiger partial charge in [0.2, 0.25) is 5.91 Å². The van der Waals surface area contributed by atoms with Crippen molar-refractivity contribution in [3.8, 4) is 0 Å². The van der Waals surface area contributed by atoms with E-state index in [2.05, 4.69) is 5.32 Å². The molecule has 2 unspecified atom stereocenters. The van der Waals surface area contributed by atoms with Crippen LogP contribution in [0, 0.1) is 23.6 Å². The first-order chi connectivity index (χ1) is 11.6. The average Bonchev–Trinajstić information content (AvgIpc) is 3.33. The Labute approximate surface area is 155 Å². The van der Waals surface area contributed by atoms with Crippen LogP contribution in [0.2, 0.25) is 0 Å². The molecule has 3 saturated carbocycles. The summed E-state index contributed by atoms with van der Waals surface area (Å²) in [4.78, 5) is 12.7. The van der Waals surface area contributed by atoms with E-state index in [0.29, 0.717) is 24.4 Å². The van der Waals surface area contributed by atoms with Crippen molar-refractivity contribution in [2.75, 3.05) is 6.54 Å². The highest BCUT2D eigenvalue weighted by atomic mass is 35.5. The third kappa shape index (κ3) is 3.70. The summed E-state index contributed by atoms with van der Waals surface area (Å²) in [5.41, 5.74) is 7.30. The van der Waals surface area contributed by atoms with Crippen molar-refractivity contribution < 1.29 is 9.18 Å². The molecule has 2 atom stereocenters. The van der Waals surface area contributed by atoms with Gasteiger partial charge in [0.05, 0.1) is 0 Å². The molecule has 0 aromatic heterocycles. The minimum atomic E-state index is -0.195. The number of carbonyl (C=O) groups is 1. The molecule has 25 heavy (non-hydrogen) atoms. The van der Waals surface area contributed by atoms with Crippen molar-refractivity contribution >= 4 is 18.3 Å². The lowest BCUT2D eigenvalue weighted by atomic mass is 9.65. The predicted octanol–water partition coefficient (Wildman–Crippen LogP) is 3.55. The first kappa shape index (κ1) is 18.7. The maximum absolute atomic E-state index is 13.5. The average molecular weight is 367 g/mol. The molecule has 1 amide bonds. The molecule has 138 valence electrons. The van der Waals surface area contributed by atoms with Crippen molar-refractivity contribution in [2.24, 2.45) is 23.5 Å². The smallest absolute Gasteiger partial charge is 0.223 e. The third-order valence-corrected chi connectivity index (χ3v) is 6.68. The summed E-state index contributed by atoms with van der Waals surface area (Å²) < 4.78 is 13.5. The molecule has 3 fully saturated rings. The highest BCUT2D eigenvalue weighted by Crippen LogP contribution is 2.48. The Morgan fingerprint density at radius 2 is 1.92 bits per heavy atom. The van der Waals surface area contributed by atoms with E-state index >= 15 is 0 Å². The van der Waals surface area contributed by atoms with Crippen molar-refractivity contribution in [3.05, 3.63) is 35.6 Å². The lowest BCUT2D eigenvalue weighted by Gasteiger charge is -2.43. The number of nitrogens with two attached hydrogens (primary N) is 1. The van der Waals surface area contributed by atoms with Crippen molar-refractivity contribution in [1.29, 1.82) is 0 Å². The Balaban J connectivity index is 0.00000182. The fourth-order valence-electron chi connectivity index (χ4n) is 4.94. The van der Waals surface area contributed by atoms with E-state index in [-0.39, 0.29) is 35.5 Å². The normalized spacial score (nSPS) is 32.4. The molecule has 2 bridgehead atoms. The van der Waals surface area contributed by atoms with Crippen LogP contribution in [0.1, 0.15) is 50.5 Å². The van der Waals surface area contributed by atoms with Crippen LogP contribution in [0.5, 0.6) is 0 Å². The molecule has 0 heterocycles. The number of halogens is 2. The maximum atomic E-state index is 13.5. The molecule has 0 radical (unpaired) electrons. The maximum Gasteiger partial charge on any atom is 0.223 e. The van der Waals surface area contributed by atoms with E-state index in [9.17, 15) is 9.18 Å². The quantitative estimate of drug-likeness (QED) is 0.856. The van der Waals surface area contributed by atoms with Crippen LogP contribution in [0.3, 0.4) is 0 Å². The number of benzene rings is 1. The van der Waals surface area contributed by atoms with Gasteiger partial charge in [-0.05, 0) is 68.1 Å². The summed E-state index contributed by atoms with van der Waals surface area (Å²) in [5.74, 6) is 1.14. The molecule has 3 N–H and O–H groups in total. The number of nitrogens with one attached hydrogen (secondary N) is 1. The minimum Gasteiger partial charge on any atom is -0.355 e. The Hall–Kier alpha value is -1.13. The summed E-state index contributed by atoms with van der Waals surface area (Å²) in [6.45, 7) is 0.632. The molecule has 0 aliphatic heterocycles. The number of rotatable bonds is 4. The van der Waals surface area contributed by atoms with Gasteiger partial charge in [-0.3, -0.25) is 4.79 Å². The van der Waals surface area contributed by atoms with Gasteiger partial charge in [0.25, 0.3) is 0 Å². The van der Waals surface area contributed by atoms with Gasteiger partial charge in [0.1, 0.15) is 5.82 Å². The first-order valence-corrected chi connectivity index (χ1v) is 9.37. The standard InChI is InChI=1S/C20H27FN2O.ClH/c21-17-6-2-5-16(11-17)20(7-8-20)12-23-19(24)15-9-13-3-1-4-14(10-15)18(13)22;/h2,5-6,11,13-15,18H,1,3-4,7-10,12,22H2,(H,23,24);1H. The van der Waals surface area contributed by atoms with Crippen molar-refractivity contribution in [2.45, 2.75) is 56.4 Å². The van der Waals surface area contributed by atoms with Gasteiger partial charge >= 0.3 is 0 Å². The zero-order chi connectivity index (χ0) is 16.7. The molecule has 5 heteroatoms. The monoisotopic (exact) mass is 366 g/mol. The second kappa shape index (κ2) is 7.24. The number of amides is 1. The summed E-state index contributed by atoms with van der Waals surface area (Å²) in [6, 6.07) is 7.12. The number of carbonyl (C=O) groups excluding carboxylic acids is 1. The topological polar surface area (TPSA) is 55.1 Å². The lowest BCUT2D eigenvalue weighted by Crippen LogP contribution is -2.49. The van der Waals surface area contributed by atoms with Crippen LogP contribution in [0.25, 0.3) is 0 Å².